The molecule has 160 valence electrons. The third-order valence-electron chi connectivity index (χ3n) is 5.80. The Labute approximate surface area is 177 Å². The Bertz CT molecular complexity index is 702. The van der Waals surface area contributed by atoms with E-state index in [1.807, 2.05) is 0 Å². The Balaban J connectivity index is 1.42. The van der Waals surface area contributed by atoms with Crippen LogP contribution in [0.3, 0.4) is 0 Å². The average Bonchev–Trinajstić information content (AvgIpc) is 2.64. The monoisotopic (exact) mass is 397 g/mol. The molecule has 1 atom stereocenters. The molecule has 29 heavy (non-hydrogen) atoms. The smallest absolute Gasteiger partial charge is 0.119 e. The van der Waals surface area contributed by atoms with E-state index in [0.29, 0.717) is 12.6 Å². The molecule has 0 amide bonds. The lowest BCUT2D eigenvalue weighted by atomic mass is 9.79. The van der Waals surface area contributed by atoms with Crippen molar-refractivity contribution >= 4 is 0 Å². The van der Waals surface area contributed by atoms with Crippen LogP contribution in [0.1, 0.15) is 58.9 Å². The zero-order valence-corrected chi connectivity index (χ0v) is 18.6. The predicted octanol–water partition coefficient (Wildman–Crippen LogP) is 4.11. The van der Waals surface area contributed by atoms with Gasteiger partial charge in [0, 0.05) is 29.7 Å². The van der Waals surface area contributed by atoms with E-state index in [-0.39, 0.29) is 17.1 Å². The SMILES string of the molecule is CC1(C)CC(NC[C@@H](N)Cc2ccc(OCC3=CC=CCC3)cc2)CC(C)(C)N1. The number of rotatable bonds is 8. The summed E-state index contributed by atoms with van der Waals surface area (Å²) in [5, 5.41) is 7.46. The Morgan fingerprint density at radius 1 is 1.14 bits per heavy atom. The molecule has 4 nitrogen and oxygen atoms in total. The predicted molar refractivity (Wildman–Crippen MR) is 122 cm³/mol. The number of ether oxygens (including phenoxy) is 1. The maximum absolute atomic E-state index is 6.43. The number of piperidine rings is 1. The van der Waals surface area contributed by atoms with E-state index in [1.54, 1.807) is 0 Å². The summed E-state index contributed by atoms with van der Waals surface area (Å²) in [6, 6.07) is 9.02. The van der Waals surface area contributed by atoms with Gasteiger partial charge in [-0.25, -0.2) is 0 Å². The summed E-state index contributed by atoms with van der Waals surface area (Å²) in [7, 11) is 0. The molecule has 4 heteroatoms. The first-order valence-electron chi connectivity index (χ1n) is 11.1. The van der Waals surface area contributed by atoms with Gasteiger partial charge in [-0.05, 0) is 83.1 Å². The van der Waals surface area contributed by atoms with Crippen molar-refractivity contribution in [2.45, 2.75) is 83.0 Å². The van der Waals surface area contributed by atoms with Crippen molar-refractivity contribution in [3.63, 3.8) is 0 Å². The molecule has 0 aromatic heterocycles. The van der Waals surface area contributed by atoms with E-state index < -0.39 is 0 Å². The number of hydrogen-bond acceptors (Lipinski definition) is 4. The maximum Gasteiger partial charge on any atom is 0.119 e. The van der Waals surface area contributed by atoms with Gasteiger partial charge in [-0.3, -0.25) is 0 Å². The summed E-state index contributed by atoms with van der Waals surface area (Å²) in [5.41, 5.74) is 9.36. The third-order valence-corrected chi connectivity index (χ3v) is 5.80. The Morgan fingerprint density at radius 3 is 2.45 bits per heavy atom. The fourth-order valence-electron chi connectivity index (χ4n) is 4.83. The second kappa shape index (κ2) is 9.46. The van der Waals surface area contributed by atoms with Crippen molar-refractivity contribution < 1.29 is 4.74 Å². The van der Waals surface area contributed by atoms with Crippen molar-refractivity contribution in [3.05, 3.63) is 53.6 Å². The molecule has 0 bridgehead atoms. The van der Waals surface area contributed by atoms with Crippen molar-refractivity contribution in [1.29, 1.82) is 0 Å². The first-order valence-corrected chi connectivity index (χ1v) is 11.1. The van der Waals surface area contributed by atoms with E-state index in [2.05, 4.69) is 80.8 Å². The number of benzene rings is 1. The quantitative estimate of drug-likeness (QED) is 0.618. The summed E-state index contributed by atoms with van der Waals surface area (Å²) in [4.78, 5) is 0. The minimum atomic E-state index is 0.113. The summed E-state index contributed by atoms with van der Waals surface area (Å²) in [5.74, 6) is 0.926. The van der Waals surface area contributed by atoms with Gasteiger partial charge in [0.05, 0.1) is 0 Å². The van der Waals surface area contributed by atoms with Crippen molar-refractivity contribution in [2.75, 3.05) is 13.2 Å². The van der Waals surface area contributed by atoms with E-state index >= 15 is 0 Å². The number of allylic oxidation sites excluding steroid dienone is 3. The molecule has 0 radical (unpaired) electrons. The second-order valence-corrected chi connectivity index (χ2v) is 10.1. The Morgan fingerprint density at radius 2 is 1.83 bits per heavy atom. The molecule has 0 saturated carbocycles. The fourth-order valence-corrected chi connectivity index (χ4v) is 4.83. The summed E-state index contributed by atoms with van der Waals surface area (Å²) in [6.45, 7) is 10.7. The molecule has 4 N–H and O–H groups in total. The number of nitrogens with two attached hydrogens (primary N) is 1. The highest BCUT2D eigenvalue weighted by atomic mass is 16.5. The van der Waals surface area contributed by atoms with Gasteiger partial charge in [0.2, 0.25) is 0 Å². The summed E-state index contributed by atoms with van der Waals surface area (Å²) in [6.07, 6.45) is 11.8. The molecule has 1 fully saturated rings. The lowest BCUT2D eigenvalue weighted by Gasteiger charge is -2.47. The highest BCUT2D eigenvalue weighted by Gasteiger charge is 2.37. The van der Waals surface area contributed by atoms with Crippen LogP contribution in [-0.4, -0.2) is 36.3 Å². The van der Waals surface area contributed by atoms with Crippen LogP contribution < -0.4 is 21.1 Å². The third kappa shape index (κ3) is 7.29. The van der Waals surface area contributed by atoms with Gasteiger partial charge >= 0.3 is 0 Å². The molecule has 0 spiro atoms. The Hall–Kier alpha value is -1.62. The van der Waals surface area contributed by atoms with E-state index in [0.717, 1.165) is 44.4 Å². The minimum absolute atomic E-state index is 0.113. The van der Waals surface area contributed by atoms with Crippen molar-refractivity contribution in [3.8, 4) is 5.75 Å². The molecule has 1 aromatic carbocycles. The molecule has 1 aliphatic carbocycles. The van der Waals surface area contributed by atoms with Crippen molar-refractivity contribution in [2.24, 2.45) is 5.73 Å². The molecule has 3 rings (SSSR count). The number of nitrogens with one attached hydrogen (secondary N) is 2. The van der Waals surface area contributed by atoms with Crippen LogP contribution in [0.25, 0.3) is 0 Å². The molecular weight excluding hydrogens is 358 g/mol. The molecule has 1 aliphatic heterocycles. The van der Waals surface area contributed by atoms with Gasteiger partial charge in [0.1, 0.15) is 12.4 Å². The first kappa shape index (κ1) is 22.1. The lowest BCUT2D eigenvalue weighted by Crippen LogP contribution is -2.62. The topological polar surface area (TPSA) is 59.3 Å². The highest BCUT2D eigenvalue weighted by molar-refractivity contribution is 5.29. The van der Waals surface area contributed by atoms with Crippen LogP contribution in [0.2, 0.25) is 0 Å². The molecule has 1 aromatic rings. The molecule has 0 unspecified atom stereocenters. The van der Waals surface area contributed by atoms with Crippen LogP contribution in [0.15, 0.2) is 48.1 Å². The summed E-state index contributed by atoms with van der Waals surface area (Å²) < 4.78 is 5.92. The van der Waals surface area contributed by atoms with Crippen LogP contribution in [0, 0.1) is 0 Å². The van der Waals surface area contributed by atoms with E-state index in [4.69, 9.17) is 10.5 Å². The molecule has 2 aliphatic rings. The zero-order valence-electron chi connectivity index (χ0n) is 18.6. The van der Waals surface area contributed by atoms with Gasteiger partial charge < -0.3 is 21.1 Å². The standard InChI is InChI=1S/C25H39N3O/c1-24(2)15-22(16-25(3,4)28-24)27-17-21(26)14-19-10-12-23(13-11-19)29-18-20-8-6-5-7-9-20/h5-6,8,10-13,21-22,27-28H,7,9,14-18,26H2,1-4H3/t21-/m0/s1. The normalized spacial score (nSPS) is 22.2. The van der Waals surface area contributed by atoms with Crippen LogP contribution in [-0.2, 0) is 6.42 Å². The zero-order chi connectivity index (χ0) is 20.9. The van der Waals surface area contributed by atoms with Crippen LogP contribution in [0.5, 0.6) is 5.75 Å². The van der Waals surface area contributed by atoms with Crippen molar-refractivity contribution in [1.82, 2.24) is 10.6 Å². The fraction of sp³-hybridized carbons (Fsp3) is 0.600. The Kier molecular flexibility index (Phi) is 7.20. The van der Waals surface area contributed by atoms with Gasteiger partial charge in [0.15, 0.2) is 0 Å². The summed E-state index contributed by atoms with van der Waals surface area (Å²) >= 11 is 0. The maximum atomic E-state index is 6.43. The van der Waals surface area contributed by atoms with Gasteiger partial charge in [-0.1, -0.05) is 30.4 Å². The number of hydrogen-bond donors (Lipinski definition) is 3. The first-order chi connectivity index (χ1) is 13.7. The van der Waals surface area contributed by atoms with Crippen LogP contribution >= 0.6 is 0 Å². The molecule has 1 saturated heterocycles. The van der Waals surface area contributed by atoms with Gasteiger partial charge in [-0.2, -0.15) is 0 Å². The van der Waals surface area contributed by atoms with Gasteiger partial charge in [-0.15, -0.1) is 0 Å². The van der Waals surface area contributed by atoms with Gasteiger partial charge in [0.25, 0.3) is 0 Å². The van der Waals surface area contributed by atoms with E-state index in [1.165, 1.54) is 11.1 Å². The largest absolute Gasteiger partial charge is 0.489 e. The minimum Gasteiger partial charge on any atom is -0.489 e. The van der Waals surface area contributed by atoms with Crippen LogP contribution in [0.4, 0.5) is 0 Å². The second-order valence-electron chi connectivity index (χ2n) is 10.1. The van der Waals surface area contributed by atoms with E-state index in [9.17, 15) is 0 Å². The molecular formula is C25H39N3O. The highest BCUT2D eigenvalue weighted by Crippen LogP contribution is 2.28. The lowest BCUT2D eigenvalue weighted by molar-refractivity contribution is 0.145. The molecule has 1 heterocycles. The average molecular weight is 398 g/mol.